The maximum atomic E-state index is 12.7. The van der Waals surface area contributed by atoms with Gasteiger partial charge < -0.3 is 18.9 Å². The van der Waals surface area contributed by atoms with Gasteiger partial charge in [0.05, 0.1) is 30.7 Å². The molecule has 0 spiro atoms. The molecule has 0 amide bonds. The van der Waals surface area contributed by atoms with E-state index in [-0.39, 0.29) is 49.2 Å². The second kappa shape index (κ2) is 10.7. The standard InChI is InChI=1S/C30H35NO6/c1-30(2,29(33)34-3)16-21-12-8-7-11-20(21)15-22-24-13-14-25(37-24)26(22)27-31-23(18-35-27)28(32)36-17-19-9-5-4-6-10-19/h4-12,22-26H,13-18H2,1-3H3/t22-,23-,24-,25+,26-/m0/s1. The van der Waals surface area contributed by atoms with E-state index in [0.29, 0.717) is 12.3 Å². The SMILES string of the molecule is COC(=O)C(C)(C)Cc1ccccc1C[C@@H]1[C@H](C2=N[C@H](C(=O)OCc3ccccc3)CO2)[C@H]2CC[C@@H]1O2. The van der Waals surface area contributed by atoms with Crippen LogP contribution in [0.2, 0.25) is 0 Å². The lowest BCUT2D eigenvalue weighted by atomic mass is 9.74. The quantitative estimate of drug-likeness (QED) is 0.473. The van der Waals surface area contributed by atoms with Gasteiger partial charge in [0.25, 0.3) is 0 Å². The van der Waals surface area contributed by atoms with Gasteiger partial charge in [0.1, 0.15) is 13.2 Å². The normalized spacial score (nSPS) is 26.5. The van der Waals surface area contributed by atoms with E-state index in [1.165, 1.54) is 12.7 Å². The number of hydrogen-bond acceptors (Lipinski definition) is 7. The molecule has 0 N–H and O–H groups in total. The van der Waals surface area contributed by atoms with Crippen LogP contribution in [0.5, 0.6) is 0 Å². The Hall–Kier alpha value is -3.19. The van der Waals surface area contributed by atoms with Crippen LogP contribution >= 0.6 is 0 Å². The van der Waals surface area contributed by atoms with Crippen LogP contribution in [0.4, 0.5) is 0 Å². The number of nitrogens with zero attached hydrogens (tertiary/aromatic N) is 1. The highest BCUT2D eigenvalue weighted by Gasteiger charge is 2.53. The highest BCUT2D eigenvalue weighted by Crippen LogP contribution is 2.47. The van der Waals surface area contributed by atoms with Crippen molar-refractivity contribution in [3.8, 4) is 0 Å². The first-order valence-corrected chi connectivity index (χ1v) is 13.1. The average Bonchev–Trinajstić information content (AvgIpc) is 3.65. The second-order valence-electron chi connectivity index (χ2n) is 10.9. The summed E-state index contributed by atoms with van der Waals surface area (Å²) in [6.07, 6.45) is 3.55. The van der Waals surface area contributed by atoms with Crippen molar-refractivity contribution >= 4 is 17.8 Å². The van der Waals surface area contributed by atoms with Crippen LogP contribution in [0, 0.1) is 17.3 Å². The van der Waals surface area contributed by atoms with Crippen molar-refractivity contribution in [1.29, 1.82) is 0 Å². The molecular weight excluding hydrogens is 470 g/mol. The summed E-state index contributed by atoms with van der Waals surface area (Å²) in [7, 11) is 1.43. The first kappa shape index (κ1) is 25.5. The summed E-state index contributed by atoms with van der Waals surface area (Å²) >= 11 is 0. The van der Waals surface area contributed by atoms with Crippen molar-refractivity contribution < 1.29 is 28.5 Å². The number of aliphatic imine (C=N–C) groups is 1. The Balaban J connectivity index is 1.30. The summed E-state index contributed by atoms with van der Waals surface area (Å²) in [5.74, 6) is 0.231. The van der Waals surface area contributed by atoms with Crippen LogP contribution in [0.15, 0.2) is 59.6 Å². The van der Waals surface area contributed by atoms with E-state index in [1.54, 1.807) is 0 Å². The molecule has 3 heterocycles. The molecule has 196 valence electrons. The van der Waals surface area contributed by atoms with Crippen LogP contribution in [0.3, 0.4) is 0 Å². The lowest BCUT2D eigenvalue weighted by Gasteiger charge is -2.29. The molecule has 37 heavy (non-hydrogen) atoms. The van der Waals surface area contributed by atoms with Crippen molar-refractivity contribution in [2.24, 2.45) is 22.2 Å². The summed E-state index contributed by atoms with van der Waals surface area (Å²) in [5.41, 5.74) is 2.65. The highest BCUT2D eigenvalue weighted by molar-refractivity contribution is 5.87. The molecule has 2 saturated heterocycles. The number of carbonyl (C=O) groups excluding carboxylic acids is 2. The molecule has 2 fully saturated rings. The zero-order valence-electron chi connectivity index (χ0n) is 21.7. The molecule has 5 rings (SSSR count). The number of esters is 2. The van der Waals surface area contributed by atoms with E-state index in [4.69, 9.17) is 18.9 Å². The summed E-state index contributed by atoms with van der Waals surface area (Å²) in [6.45, 7) is 4.25. The molecule has 5 atom stereocenters. The summed E-state index contributed by atoms with van der Waals surface area (Å²) in [6, 6.07) is 17.2. The van der Waals surface area contributed by atoms with E-state index in [0.717, 1.165) is 30.4 Å². The predicted molar refractivity (Wildman–Crippen MR) is 138 cm³/mol. The molecule has 7 nitrogen and oxygen atoms in total. The molecule has 0 aromatic heterocycles. The molecule has 0 aliphatic carbocycles. The fraction of sp³-hybridized carbons (Fsp3) is 0.500. The van der Waals surface area contributed by atoms with Crippen molar-refractivity contribution in [2.75, 3.05) is 13.7 Å². The number of benzene rings is 2. The van der Waals surface area contributed by atoms with E-state index in [9.17, 15) is 9.59 Å². The number of hydrogen-bond donors (Lipinski definition) is 0. The van der Waals surface area contributed by atoms with E-state index < -0.39 is 11.5 Å². The van der Waals surface area contributed by atoms with Gasteiger partial charge in [-0.05, 0) is 56.2 Å². The van der Waals surface area contributed by atoms with Gasteiger partial charge in [-0.3, -0.25) is 4.79 Å². The molecule has 0 unspecified atom stereocenters. The van der Waals surface area contributed by atoms with Crippen LogP contribution in [-0.2, 0) is 48.0 Å². The van der Waals surface area contributed by atoms with Crippen LogP contribution in [-0.4, -0.2) is 49.8 Å². The van der Waals surface area contributed by atoms with Gasteiger partial charge in [-0.2, -0.15) is 0 Å². The van der Waals surface area contributed by atoms with Gasteiger partial charge in [-0.25, -0.2) is 9.79 Å². The van der Waals surface area contributed by atoms with E-state index >= 15 is 0 Å². The van der Waals surface area contributed by atoms with E-state index in [1.807, 2.05) is 56.3 Å². The smallest absolute Gasteiger partial charge is 0.334 e. The van der Waals surface area contributed by atoms with Crippen LogP contribution < -0.4 is 0 Å². The maximum absolute atomic E-state index is 12.7. The number of ether oxygens (including phenoxy) is 4. The third-order valence-electron chi connectivity index (χ3n) is 7.82. The van der Waals surface area contributed by atoms with Gasteiger partial charge in [0, 0.05) is 5.92 Å². The number of methoxy groups -OCH3 is 1. The van der Waals surface area contributed by atoms with Crippen LogP contribution in [0.25, 0.3) is 0 Å². The Kier molecular flexibility index (Phi) is 7.33. The Bertz CT molecular complexity index is 1160. The predicted octanol–water partition coefficient (Wildman–Crippen LogP) is 4.31. The lowest BCUT2D eigenvalue weighted by molar-refractivity contribution is -0.150. The number of fused-ring (bicyclic) bond motifs is 2. The van der Waals surface area contributed by atoms with Gasteiger partial charge >= 0.3 is 11.9 Å². The monoisotopic (exact) mass is 505 g/mol. The van der Waals surface area contributed by atoms with Crippen LogP contribution in [0.1, 0.15) is 43.4 Å². The minimum atomic E-state index is -0.647. The Labute approximate surface area is 218 Å². The number of rotatable bonds is 9. The van der Waals surface area contributed by atoms with Crippen molar-refractivity contribution in [2.45, 2.75) is 64.4 Å². The fourth-order valence-corrected chi connectivity index (χ4v) is 5.90. The molecule has 3 aliphatic rings. The Morgan fingerprint density at radius 3 is 2.46 bits per heavy atom. The van der Waals surface area contributed by atoms with Gasteiger partial charge in [0.2, 0.25) is 0 Å². The summed E-state index contributed by atoms with van der Waals surface area (Å²) in [4.78, 5) is 29.7. The zero-order chi connectivity index (χ0) is 26.0. The minimum Gasteiger partial charge on any atom is -0.478 e. The lowest BCUT2D eigenvalue weighted by Crippen LogP contribution is -2.35. The average molecular weight is 506 g/mol. The Morgan fingerprint density at radius 2 is 1.70 bits per heavy atom. The Morgan fingerprint density at radius 1 is 1.00 bits per heavy atom. The second-order valence-corrected chi connectivity index (χ2v) is 10.9. The van der Waals surface area contributed by atoms with Crippen molar-refractivity contribution in [1.82, 2.24) is 0 Å². The summed E-state index contributed by atoms with van der Waals surface area (Å²) < 4.78 is 22.9. The fourth-order valence-electron chi connectivity index (χ4n) is 5.90. The molecule has 2 bridgehead atoms. The van der Waals surface area contributed by atoms with Crippen molar-refractivity contribution in [3.63, 3.8) is 0 Å². The van der Waals surface area contributed by atoms with Gasteiger partial charge in [-0.1, -0.05) is 54.6 Å². The van der Waals surface area contributed by atoms with Crippen molar-refractivity contribution in [3.05, 3.63) is 71.3 Å². The van der Waals surface area contributed by atoms with E-state index in [2.05, 4.69) is 17.1 Å². The molecule has 0 radical (unpaired) electrons. The maximum Gasteiger partial charge on any atom is 0.334 e. The third kappa shape index (κ3) is 5.42. The minimum absolute atomic E-state index is 0.00680. The molecule has 3 aliphatic heterocycles. The molecule has 2 aromatic carbocycles. The number of carbonyl (C=O) groups is 2. The van der Waals surface area contributed by atoms with Gasteiger partial charge in [-0.15, -0.1) is 0 Å². The topological polar surface area (TPSA) is 83.4 Å². The molecular formula is C30H35NO6. The molecule has 2 aromatic rings. The highest BCUT2D eigenvalue weighted by atomic mass is 16.5. The first-order valence-electron chi connectivity index (χ1n) is 13.1. The largest absolute Gasteiger partial charge is 0.478 e. The first-order chi connectivity index (χ1) is 17.9. The summed E-state index contributed by atoms with van der Waals surface area (Å²) in [5, 5.41) is 0. The van der Waals surface area contributed by atoms with Gasteiger partial charge in [0.15, 0.2) is 11.9 Å². The zero-order valence-corrected chi connectivity index (χ0v) is 21.7. The molecule has 0 saturated carbocycles. The third-order valence-corrected chi connectivity index (χ3v) is 7.82. The molecule has 7 heteroatoms.